The van der Waals surface area contributed by atoms with Gasteiger partial charge in [0, 0.05) is 17.1 Å². The molecule has 0 saturated carbocycles. The van der Waals surface area contributed by atoms with Crippen molar-refractivity contribution in [1.82, 2.24) is 15.0 Å². The van der Waals surface area contributed by atoms with Crippen molar-refractivity contribution in [2.75, 3.05) is 10.5 Å². The Morgan fingerprint density at radius 3 is 2.55 bits per heavy atom. The van der Waals surface area contributed by atoms with Crippen LogP contribution in [0.15, 0.2) is 67.0 Å². The quantitative estimate of drug-likeness (QED) is 0.523. The number of nitrogen functional groups attached to an aromatic ring is 1. The van der Waals surface area contributed by atoms with Crippen molar-refractivity contribution >= 4 is 32.6 Å². The number of hydrogen-bond acceptors (Lipinski definition) is 6. The second kappa shape index (κ2) is 7.44. The highest BCUT2D eigenvalue weighted by Gasteiger charge is 2.15. The van der Waals surface area contributed by atoms with Gasteiger partial charge in [-0.2, -0.15) is 0 Å². The fourth-order valence-corrected chi connectivity index (χ4v) is 4.06. The SMILES string of the molecule is Nc1ncc2cc(-c3ccc(NS(=O)(=O)Cc4ccccc4)c(F)c3)ncc2n1. The fraction of sp³-hybridized carbons (Fsp3) is 0.0500. The maximum Gasteiger partial charge on any atom is 0.237 e. The Kier molecular flexibility index (Phi) is 4.81. The van der Waals surface area contributed by atoms with E-state index in [1.807, 2.05) is 0 Å². The Bertz CT molecular complexity index is 1300. The topological polar surface area (TPSA) is 111 Å². The highest BCUT2D eigenvalue weighted by Crippen LogP contribution is 2.26. The van der Waals surface area contributed by atoms with E-state index in [4.69, 9.17) is 5.73 Å². The van der Waals surface area contributed by atoms with Crippen LogP contribution < -0.4 is 10.5 Å². The molecule has 0 fully saturated rings. The number of anilines is 2. The number of sulfonamides is 1. The van der Waals surface area contributed by atoms with Gasteiger partial charge >= 0.3 is 0 Å². The zero-order valence-electron chi connectivity index (χ0n) is 15.1. The van der Waals surface area contributed by atoms with Crippen molar-refractivity contribution in [2.45, 2.75) is 5.75 Å². The predicted octanol–water partition coefficient (Wildman–Crippen LogP) is 3.36. The third-order valence-electron chi connectivity index (χ3n) is 4.21. The van der Waals surface area contributed by atoms with Crippen molar-refractivity contribution < 1.29 is 12.8 Å². The van der Waals surface area contributed by atoms with E-state index < -0.39 is 15.8 Å². The number of pyridine rings is 1. The summed E-state index contributed by atoms with van der Waals surface area (Å²) in [4.78, 5) is 12.3. The number of nitrogens with one attached hydrogen (secondary N) is 1. The van der Waals surface area contributed by atoms with Gasteiger partial charge in [-0.25, -0.2) is 22.8 Å². The molecule has 2 aromatic heterocycles. The van der Waals surface area contributed by atoms with Gasteiger partial charge in [0.25, 0.3) is 0 Å². The molecule has 29 heavy (non-hydrogen) atoms. The second-order valence-electron chi connectivity index (χ2n) is 6.40. The Balaban J connectivity index is 1.58. The molecule has 4 rings (SSSR count). The van der Waals surface area contributed by atoms with Crippen LogP contribution in [0.4, 0.5) is 16.0 Å². The Hall–Kier alpha value is -3.59. The zero-order valence-corrected chi connectivity index (χ0v) is 15.9. The van der Waals surface area contributed by atoms with Crippen molar-refractivity contribution in [2.24, 2.45) is 0 Å². The van der Waals surface area contributed by atoms with E-state index in [9.17, 15) is 12.8 Å². The standard InChI is InChI=1S/C20H16FN5O2S/c21-16-8-14(18-9-15-10-24-20(22)25-19(15)11-23-18)6-7-17(16)26-29(27,28)12-13-4-2-1-3-5-13/h1-11,26H,12H2,(H2,22,24,25). The monoisotopic (exact) mass is 409 g/mol. The summed E-state index contributed by atoms with van der Waals surface area (Å²) in [6, 6.07) is 14.6. The molecule has 3 N–H and O–H groups in total. The van der Waals surface area contributed by atoms with Gasteiger partial charge in [0.2, 0.25) is 16.0 Å². The fourth-order valence-electron chi connectivity index (χ4n) is 2.86. The lowest BCUT2D eigenvalue weighted by Gasteiger charge is -2.10. The molecular formula is C20H16FN5O2S. The summed E-state index contributed by atoms with van der Waals surface area (Å²) in [6.07, 6.45) is 3.09. The van der Waals surface area contributed by atoms with Gasteiger partial charge in [-0.1, -0.05) is 36.4 Å². The minimum absolute atomic E-state index is 0.124. The molecule has 0 saturated heterocycles. The van der Waals surface area contributed by atoms with Gasteiger partial charge < -0.3 is 5.73 Å². The van der Waals surface area contributed by atoms with Crippen molar-refractivity contribution in [3.8, 4) is 11.3 Å². The van der Waals surface area contributed by atoms with Gasteiger partial charge in [0.15, 0.2) is 0 Å². The number of fused-ring (bicyclic) bond motifs is 1. The van der Waals surface area contributed by atoms with E-state index in [2.05, 4.69) is 19.7 Å². The number of benzene rings is 2. The average molecular weight is 409 g/mol. The van der Waals surface area contributed by atoms with Crippen molar-refractivity contribution in [1.29, 1.82) is 0 Å². The smallest absolute Gasteiger partial charge is 0.237 e. The lowest BCUT2D eigenvalue weighted by Crippen LogP contribution is -2.16. The summed E-state index contributed by atoms with van der Waals surface area (Å²) in [7, 11) is -3.75. The van der Waals surface area contributed by atoms with Crippen LogP contribution in [-0.4, -0.2) is 23.4 Å². The first-order chi connectivity index (χ1) is 13.9. The third kappa shape index (κ3) is 4.30. The summed E-state index contributed by atoms with van der Waals surface area (Å²) in [6.45, 7) is 0. The molecule has 0 aliphatic carbocycles. The Labute approximate surface area is 166 Å². The van der Waals surface area contributed by atoms with E-state index in [-0.39, 0.29) is 17.4 Å². The first-order valence-electron chi connectivity index (χ1n) is 8.62. The maximum absolute atomic E-state index is 14.6. The average Bonchev–Trinajstić information content (AvgIpc) is 2.69. The van der Waals surface area contributed by atoms with Crippen LogP contribution in [-0.2, 0) is 15.8 Å². The van der Waals surface area contributed by atoms with Gasteiger partial charge in [0.1, 0.15) is 5.82 Å². The molecule has 0 bridgehead atoms. The number of nitrogens with two attached hydrogens (primary N) is 1. The van der Waals surface area contributed by atoms with Gasteiger partial charge in [-0.05, 0) is 23.8 Å². The second-order valence-corrected chi connectivity index (χ2v) is 8.12. The highest BCUT2D eigenvalue weighted by atomic mass is 32.2. The first-order valence-corrected chi connectivity index (χ1v) is 10.3. The third-order valence-corrected chi connectivity index (χ3v) is 5.46. The molecule has 0 aliphatic rings. The van der Waals surface area contributed by atoms with Gasteiger partial charge in [-0.15, -0.1) is 0 Å². The van der Waals surface area contributed by atoms with Crippen molar-refractivity contribution in [3.05, 3.63) is 78.4 Å². The molecule has 146 valence electrons. The molecule has 9 heteroatoms. The van der Waals surface area contributed by atoms with E-state index in [1.54, 1.807) is 48.7 Å². The summed E-state index contributed by atoms with van der Waals surface area (Å²) in [5, 5.41) is 0.706. The number of nitrogens with zero attached hydrogens (tertiary/aromatic N) is 3. The summed E-state index contributed by atoms with van der Waals surface area (Å²) < 4.78 is 41.5. The Morgan fingerprint density at radius 1 is 1.00 bits per heavy atom. The van der Waals surface area contributed by atoms with Crippen LogP contribution in [0.3, 0.4) is 0 Å². The number of halogens is 1. The molecule has 0 unspecified atom stereocenters. The summed E-state index contributed by atoms with van der Waals surface area (Å²) >= 11 is 0. The minimum Gasteiger partial charge on any atom is -0.368 e. The normalized spacial score (nSPS) is 11.5. The van der Waals surface area contributed by atoms with Crippen LogP contribution in [0.25, 0.3) is 22.2 Å². The molecule has 0 radical (unpaired) electrons. The lowest BCUT2D eigenvalue weighted by atomic mass is 10.1. The van der Waals surface area contributed by atoms with Crippen LogP contribution in [0.5, 0.6) is 0 Å². The van der Waals surface area contributed by atoms with Gasteiger partial charge in [-0.3, -0.25) is 9.71 Å². The molecule has 0 amide bonds. The molecule has 2 aromatic carbocycles. The first kappa shape index (κ1) is 18.8. The largest absolute Gasteiger partial charge is 0.368 e. The van der Waals surface area contributed by atoms with Crippen LogP contribution in [0.1, 0.15) is 5.56 Å². The molecule has 0 atom stereocenters. The lowest BCUT2D eigenvalue weighted by molar-refractivity contribution is 0.598. The molecule has 0 aliphatic heterocycles. The van der Waals surface area contributed by atoms with Crippen LogP contribution in [0.2, 0.25) is 0 Å². The van der Waals surface area contributed by atoms with Crippen molar-refractivity contribution in [3.63, 3.8) is 0 Å². The number of rotatable bonds is 5. The van der Waals surface area contributed by atoms with E-state index in [0.29, 0.717) is 27.7 Å². The maximum atomic E-state index is 14.6. The highest BCUT2D eigenvalue weighted by molar-refractivity contribution is 7.91. The molecule has 7 nitrogen and oxygen atoms in total. The number of hydrogen-bond donors (Lipinski definition) is 2. The van der Waals surface area contributed by atoms with E-state index in [1.165, 1.54) is 18.3 Å². The summed E-state index contributed by atoms with van der Waals surface area (Å²) in [5.41, 5.74) is 7.61. The molecular weight excluding hydrogens is 393 g/mol. The number of aromatic nitrogens is 3. The Morgan fingerprint density at radius 2 is 1.79 bits per heavy atom. The molecule has 2 heterocycles. The zero-order chi connectivity index (χ0) is 20.4. The van der Waals surface area contributed by atoms with Gasteiger partial charge in [0.05, 0.1) is 28.8 Å². The summed E-state index contributed by atoms with van der Waals surface area (Å²) in [5.74, 6) is -0.801. The predicted molar refractivity (Wildman–Crippen MR) is 110 cm³/mol. The van der Waals surface area contributed by atoms with Crippen LogP contribution >= 0.6 is 0 Å². The van der Waals surface area contributed by atoms with E-state index >= 15 is 0 Å². The minimum atomic E-state index is -3.75. The molecule has 4 aromatic rings. The molecule has 0 spiro atoms. The van der Waals surface area contributed by atoms with E-state index in [0.717, 1.165) is 0 Å². The van der Waals surface area contributed by atoms with Crippen LogP contribution in [0, 0.1) is 5.82 Å².